The molecule has 2 heterocycles. The van der Waals surface area contributed by atoms with Crippen molar-refractivity contribution in [2.24, 2.45) is 0 Å². The average Bonchev–Trinajstić information content (AvgIpc) is 3.37. The van der Waals surface area contributed by atoms with Crippen molar-refractivity contribution < 1.29 is 13.9 Å². The van der Waals surface area contributed by atoms with E-state index in [1.54, 1.807) is 18.3 Å². The molecule has 4 rings (SSSR count). The molecule has 0 aliphatic rings. The van der Waals surface area contributed by atoms with Gasteiger partial charge in [0.1, 0.15) is 17.0 Å². The molecule has 0 N–H and O–H groups in total. The number of rotatable bonds is 6. The largest absolute Gasteiger partial charge is 0.494 e. The molecule has 4 aromatic rings. The van der Waals surface area contributed by atoms with E-state index in [1.165, 1.54) is 11.3 Å². The van der Waals surface area contributed by atoms with Gasteiger partial charge in [-0.25, -0.2) is 4.98 Å². The van der Waals surface area contributed by atoms with E-state index in [0.29, 0.717) is 29.6 Å². The van der Waals surface area contributed by atoms with E-state index >= 15 is 0 Å². The number of thiazole rings is 1. The van der Waals surface area contributed by atoms with Crippen molar-refractivity contribution in [1.82, 2.24) is 4.98 Å². The van der Waals surface area contributed by atoms with Crippen molar-refractivity contribution in [2.45, 2.75) is 26.8 Å². The lowest BCUT2D eigenvalue weighted by molar-refractivity contribution is -0.118. The van der Waals surface area contributed by atoms with Gasteiger partial charge in [-0.1, -0.05) is 41.2 Å². The van der Waals surface area contributed by atoms with E-state index in [9.17, 15) is 4.79 Å². The van der Waals surface area contributed by atoms with Gasteiger partial charge in [0.2, 0.25) is 5.91 Å². The smallest absolute Gasteiger partial charge is 0.233 e. The van der Waals surface area contributed by atoms with E-state index in [2.05, 4.69) is 18.2 Å². The maximum absolute atomic E-state index is 13.4. The summed E-state index contributed by atoms with van der Waals surface area (Å²) in [5, 5.41) is 0.635. The second kappa shape index (κ2) is 8.09. The number of hydrogen-bond acceptors (Lipinski definition) is 5. The Morgan fingerprint density at radius 3 is 2.79 bits per heavy atom. The van der Waals surface area contributed by atoms with Gasteiger partial charge >= 0.3 is 0 Å². The van der Waals surface area contributed by atoms with Gasteiger partial charge in [-0.2, -0.15) is 0 Å². The van der Waals surface area contributed by atoms with Crippen LogP contribution >= 0.6 is 11.3 Å². The molecule has 0 aliphatic carbocycles. The van der Waals surface area contributed by atoms with Crippen molar-refractivity contribution in [2.75, 3.05) is 12.0 Å². The number of nitrogens with zero attached hydrogens (tertiary/aromatic N) is 2. The Bertz CT molecular complexity index is 1150. The third kappa shape index (κ3) is 4.03. The predicted octanol–water partition coefficient (Wildman–Crippen LogP) is 5.29. The molecule has 2 aromatic heterocycles. The van der Waals surface area contributed by atoms with Crippen LogP contribution in [0.2, 0.25) is 0 Å². The Morgan fingerprint density at radius 2 is 2.03 bits per heavy atom. The van der Waals surface area contributed by atoms with E-state index in [1.807, 2.05) is 44.2 Å². The number of amides is 1. The normalized spacial score (nSPS) is 11.0. The maximum atomic E-state index is 13.4. The Kier molecular flexibility index (Phi) is 5.36. The van der Waals surface area contributed by atoms with Crippen LogP contribution in [0.5, 0.6) is 5.75 Å². The van der Waals surface area contributed by atoms with Gasteiger partial charge in [-0.05, 0) is 49.2 Å². The molecule has 5 nitrogen and oxygen atoms in total. The number of anilines is 1. The second-order valence-corrected chi connectivity index (χ2v) is 7.98. The van der Waals surface area contributed by atoms with Crippen LogP contribution in [0.1, 0.15) is 22.5 Å². The fraction of sp³-hybridized carbons (Fsp3) is 0.217. The van der Waals surface area contributed by atoms with Crippen LogP contribution in [0.25, 0.3) is 10.2 Å². The maximum Gasteiger partial charge on any atom is 0.233 e. The molecule has 29 heavy (non-hydrogen) atoms. The minimum Gasteiger partial charge on any atom is -0.494 e. The molecule has 6 heteroatoms. The van der Waals surface area contributed by atoms with E-state index in [-0.39, 0.29) is 5.91 Å². The molecule has 0 spiro atoms. The molecule has 2 aromatic carbocycles. The number of benzene rings is 2. The molecule has 0 aliphatic heterocycles. The van der Waals surface area contributed by atoms with Crippen LogP contribution < -0.4 is 9.64 Å². The predicted molar refractivity (Wildman–Crippen MR) is 116 cm³/mol. The van der Waals surface area contributed by atoms with E-state index < -0.39 is 0 Å². The highest BCUT2D eigenvalue weighted by molar-refractivity contribution is 7.22. The van der Waals surface area contributed by atoms with Gasteiger partial charge < -0.3 is 9.15 Å². The minimum atomic E-state index is -0.0203. The van der Waals surface area contributed by atoms with Crippen LogP contribution in [-0.2, 0) is 17.8 Å². The van der Waals surface area contributed by atoms with Crippen molar-refractivity contribution in [1.29, 1.82) is 0 Å². The number of fused-ring (bicyclic) bond motifs is 1. The summed E-state index contributed by atoms with van der Waals surface area (Å²) in [6.45, 7) is 4.40. The molecular weight excluding hydrogens is 384 g/mol. The first-order valence-electron chi connectivity index (χ1n) is 9.37. The highest BCUT2D eigenvalue weighted by Gasteiger charge is 2.23. The number of carbonyl (C=O) groups is 1. The topological polar surface area (TPSA) is 55.6 Å². The summed E-state index contributed by atoms with van der Waals surface area (Å²) in [4.78, 5) is 19.8. The number of hydrogen-bond donors (Lipinski definition) is 0. The zero-order valence-electron chi connectivity index (χ0n) is 16.6. The average molecular weight is 407 g/mol. The number of carbonyl (C=O) groups excluding carboxylic acids is 1. The number of methoxy groups -OCH3 is 1. The summed E-state index contributed by atoms with van der Waals surface area (Å²) in [6.07, 6.45) is 1.92. The lowest BCUT2D eigenvalue weighted by atomic mass is 10.0. The number of para-hydroxylation sites is 1. The fourth-order valence-corrected chi connectivity index (χ4v) is 4.26. The molecule has 148 valence electrons. The standard InChI is InChI=1S/C23H22N2O3S/c1-15-9-10-16(2)17(12-15)13-21(26)25(14-18-6-5-11-28-18)23-24-22-19(27-3)7-4-8-20(22)29-23/h4-12H,13-14H2,1-3H3. The molecule has 0 saturated heterocycles. The first-order valence-corrected chi connectivity index (χ1v) is 10.2. The molecule has 1 amide bonds. The van der Waals surface area contributed by atoms with Crippen LogP contribution in [0.4, 0.5) is 5.13 Å². The Hall–Kier alpha value is -3.12. The third-order valence-corrected chi connectivity index (χ3v) is 5.91. The van der Waals surface area contributed by atoms with Gasteiger partial charge in [0.25, 0.3) is 0 Å². The molecule has 0 atom stereocenters. The van der Waals surface area contributed by atoms with Gasteiger partial charge in [0.15, 0.2) is 5.13 Å². The highest BCUT2D eigenvalue weighted by atomic mass is 32.1. The van der Waals surface area contributed by atoms with Gasteiger partial charge in [0, 0.05) is 0 Å². The Balaban J connectivity index is 1.71. The molecule has 0 fully saturated rings. The fourth-order valence-electron chi connectivity index (χ4n) is 3.26. The van der Waals surface area contributed by atoms with E-state index in [4.69, 9.17) is 14.1 Å². The number of ether oxygens (including phenoxy) is 1. The summed E-state index contributed by atoms with van der Waals surface area (Å²) in [6, 6.07) is 15.7. The molecular formula is C23H22N2O3S. The third-order valence-electron chi connectivity index (χ3n) is 4.86. The Morgan fingerprint density at radius 1 is 1.17 bits per heavy atom. The zero-order valence-corrected chi connectivity index (χ0v) is 17.5. The van der Waals surface area contributed by atoms with Crippen LogP contribution in [0, 0.1) is 13.8 Å². The van der Waals surface area contributed by atoms with Crippen LogP contribution in [0.15, 0.2) is 59.2 Å². The summed E-state index contributed by atoms with van der Waals surface area (Å²) in [7, 11) is 1.63. The summed E-state index contributed by atoms with van der Waals surface area (Å²) >= 11 is 1.48. The van der Waals surface area contributed by atoms with E-state index in [0.717, 1.165) is 26.9 Å². The number of aryl methyl sites for hydroxylation is 2. The minimum absolute atomic E-state index is 0.0203. The zero-order chi connectivity index (χ0) is 20.4. The summed E-state index contributed by atoms with van der Waals surface area (Å²) < 4.78 is 11.9. The Labute approximate surface area is 173 Å². The van der Waals surface area contributed by atoms with Crippen molar-refractivity contribution in [3.63, 3.8) is 0 Å². The second-order valence-electron chi connectivity index (χ2n) is 6.97. The molecule has 0 unspecified atom stereocenters. The van der Waals surface area contributed by atoms with Gasteiger partial charge in [-0.3, -0.25) is 9.69 Å². The monoisotopic (exact) mass is 406 g/mol. The van der Waals surface area contributed by atoms with Gasteiger partial charge in [0.05, 0.1) is 31.0 Å². The molecule has 0 bridgehead atoms. The molecule has 0 saturated carbocycles. The highest BCUT2D eigenvalue weighted by Crippen LogP contribution is 2.35. The quantitative estimate of drug-likeness (QED) is 0.436. The summed E-state index contributed by atoms with van der Waals surface area (Å²) in [5.74, 6) is 1.39. The summed E-state index contributed by atoms with van der Waals surface area (Å²) in [5.41, 5.74) is 4.03. The van der Waals surface area contributed by atoms with Crippen molar-refractivity contribution in [3.05, 3.63) is 77.2 Å². The SMILES string of the molecule is COc1cccc2sc(N(Cc3ccco3)C(=O)Cc3cc(C)ccc3C)nc12. The van der Waals surface area contributed by atoms with Crippen LogP contribution in [0.3, 0.4) is 0 Å². The number of aromatic nitrogens is 1. The van der Waals surface area contributed by atoms with Crippen molar-refractivity contribution >= 4 is 32.6 Å². The van der Waals surface area contributed by atoms with Crippen molar-refractivity contribution in [3.8, 4) is 5.75 Å². The van der Waals surface area contributed by atoms with Crippen LogP contribution in [-0.4, -0.2) is 18.0 Å². The lowest BCUT2D eigenvalue weighted by Crippen LogP contribution is -2.31. The first kappa shape index (κ1) is 19.2. The lowest BCUT2D eigenvalue weighted by Gasteiger charge is -2.19. The number of furan rings is 1. The first-order chi connectivity index (χ1) is 14.0. The molecule has 0 radical (unpaired) electrons. The van der Waals surface area contributed by atoms with Gasteiger partial charge in [-0.15, -0.1) is 0 Å².